The molecule has 6 rings (SSSR count). The van der Waals surface area contributed by atoms with Crippen molar-refractivity contribution in [2.75, 3.05) is 31.4 Å². The summed E-state index contributed by atoms with van der Waals surface area (Å²) in [6.07, 6.45) is -5.72. The normalized spacial score (nSPS) is 14.0. The van der Waals surface area contributed by atoms with Gasteiger partial charge in [0.1, 0.15) is 29.6 Å². The van der Waals surface area contributed by atoms with E-state index in [0.29, 0.717) is 16.0 Å². The minimum Gasteiger partial charge on any atom is -0.482 e. The molecule has 1 fully saturated rings. The topological polar surface area (TPSA) is 159 Å². The number of fused-ring (bicyclic) bond motifs is 1. The Hall–Kier alpha value is -6.14. The van der Waals surface area contributed by atoms with Crippen LogP contribution in [0.5, 0.6) is 5.75 Å². The molecule has 1 aliphatic heterocycles. The van der Waals surface area contributed by atoms with Crippen LogP contribution in [0.15, 0.2) is 85.1 Å². The summed E-state index contributed by atoms with van der Waals surface area (Å²) in [7, 11) is 0. The number of anilines is 2. The smallest absolute Gasteiger partial charge is 0.424 e. The lowest BCUT2D eigenvalue weighted by Crippen LogP contribution is -2.51. The van der Waals surface area contributed by atoms with Gasteiger partial charge in [0.25, 0.3) is 11.9 Å². The van der Waals surface area contributed by atoms with Crippen LogP contribution in [0.2, 0.25) is 0 Å². The number of pyridine rings is 1. The van der Waals surface area contributed by atoms with Crippen molar-refractivity contribution in [3.8, 4) is 16.9 Å². The summed E-state index contributed by atoms with van der Waals surface area (Å²) in [5, 5.41) is 4.36. The lowest BCUT2D eigenvalue weighted by Gasteiger charge is -2.34. The molecule has 5 aromatic rings. The molecule has 0 spiro atoms. The fraction of sp³-hybridized carbons (Fsp3) is 0.333. The third kappa shape index (κ3) is 11.2. The Morgan fingerprint density at radius 3 is 2.21 bits per heavy atom. The van der Waals surface area contributed by atoms with Gasteiger partial charge in [-0.05, 0) is 70.1 Å². The molecule has 3 aromatic carbocycles. The van der Waals surface area contributed by atoms with Gasteiger partial charge in [0.2, 0.25) is 6.79 Å². The molecule has 61 heavy (non-hydrogen) atoms. The van der Waals surface area contributed by atoms with Gasteiger partial charge in [0.05, 0.1) is 18.8 Å². The lowest BCUT2D eigenvalue weighted by molar-refractivity contribution is -0.156. The second kappa shape index (κ2) is 18.6. The molecule has 2 aromatic heterocycles. The van der Waals surface area contributed by atoms with E-state index >= 15 is 0 Å². The van der Waals surface area contributed by atoms with Gasteiger partial charge in [-0.3, -0.25) is 14.4 Å². The second-order valence-electron chi connectivity index (χ2n) is 15.3. The number of aromatic nitrogens is 3. The van der Waals surface area contributed by atoms with E-state index in [9.17, 15) is 41.1 Å². The summed E-state index contributed by atoms with van der Waals surface area (Å²) in [5.41, 5.74) is 7.72. The zero-order chi connectivity index (χ0) is 43.5. The number of benzene rings is 3. The molecule has 19 heteroatoms. The summed E-state index contributed by atoms with van der Waals surface area (Å²) < 4.78 is 84.1. The van der Waals surface area contributed by atoms with Crippen LogP contribution in [-0.4, -0.2) is 88.1 Å². The standard InChI is InChI=1S/C42H41F5N6O7.ClH/c1-24(26-9-12-30(43)13-10-26)33(54)17-25-5-7-27(8-6-25)28-15-16-52-35(19-28)49-39(50-52)53(40(57)60-23-59-38(56)36(48)41(2,3)4)32-14-11-29(37(55)51-20-31(44)21-51)18-34(32)58-22-42(45,46)47;/h5-16,18-19,24,31,36H,17,20-23,48H2,1-4H3;1H/t24-,36-;/m1./s1. The number of likely N-dealkylation sites (tertiary alicyclic amines) is 1. The van der Waals surface area contributed by atoms with E-state index in [2.05, 4.69) is 10.1 Å². The first-order valence-corrected chi connectivity index (χ1v) is 18.7. The number of hydrogen-bond donors (Lipinski definition) is 1. The highest BCUT2D eigenvalue weighted by Crippen LogP contribution is 2.37. The van der Waals surface area contributed by atoms with Crippen molar-refractivity contribution < 1.29 is 55.3 Å². The molecule has 0 bridgehead atoms. The molecule has 2 amide bonds. The molecule has 1 aliphatic rings. The molecule has 0 unspecified atom stereocenters. The number of ketones is 1. The highest BCUT2D eigenvalue weighted by atomic mass is 35.5. The monoisotopic (exact) mass is 872 g/mol. The fourth-order valence-electron chi connectivity index (χ4n) is 6.06. The molecule has 1 saturated heterocycles. The predicted molar refractivity (Wildman–Crippen MR) is 215 cm³/mol. The third-order valence-corrected chi connectivity index (χ3v) is 9.76. The van der Waals surface area contributed by atoms with Gasteiger partial charge in [-0.25, -0.2) is 23.0 Å². The number of esters is 1. The molecule has 324 valence electrons. The van der Waals surface area contributed by atoms with Crippen molar-refractivity contribution in [2.45, 2.75) is 58.4 Å². The number of amides is 2. The number of Topliss-reactive ketones (excluding diaryl/α,β-unsaturated/α-hetero) is 1. The second-order valence-corrected chi connectivity index (χ2v) is 15.3. The Morgan fingerprint density at radius 2 is 1.59 bits per heavy atom. The van der Waals surface area contributed by atoms with Crippen molar-refractivity contribution in [1.82, 2.24) is 19.5 Å². The molecule has 2 atom stereocenters. The van der Waals surface area contributed by atoms with Crippen LogP contribution >= 0.6 is 12.4 Å². The van der Waals surface area contributed by atoms with E-state index in [1.54, 1.807) is 76.2 Å². The highest BCUT2D eigenvalue weighted by molar-refractivity contribution is 5.99. The van der Waals surface area contributed by atoms with Gasteiger partial charge >= 0.3 is 18.2 Å². The van der Waals surface area contributed by atoms with E-state index in [1.807, 2.05) is 0 Å². The molecule has 0 radical (unpaired) electrons. The highest BCUT2D eigenvalue weighted by Gasteiger charge is 2.35. The van der Waals surface area contributed by atoms with E-state index in [0.717, 1.165) is 28.2 Å². The molecule has 2 N–H and O–H groups in total. The summed E-state index contributed by atoms with van der Waals surface area (Å²) in [6.45, 7) is 3.67. The maximum absolute atomic E-state index is 13.8. The molecule has 0 saturated carbocycles. The zero-order valence-electron chi connectivity index (χ0n) is 33.3. The number of nitrogens with two attached hydrogens (primary N) is 1. The van der Waals surface area contributed by atoms with Crippen molar-refractivity contribution in [3.05, 3.63) is 108 Å². The number of hydrogen-bond acceptors (Lipinski definition) is 10. The van der Waals surface area contributed by atoms with E-state index in [-0.39, 0.29) is 54.6 Å². The minimum atomic E-state index is -4.84. The van der Waals surface area contributed by atoms with Gasteiger partial charge in [-0.15, -0.1) is 17.5 Å². The van der Waals surface area contributed by atoms with Crippen molar-refractivity contribution in [1.29, 1.82) is 0 Å². The first-order valence-electron chi connectivity index (χ1n) is 18.7. The Bertz CT molecular complexity index is 2380. The van der Waals surface area contributed by atoms with Crippen LogP contribution in [0.1, 0.15) is 55.1 Å². The number of carbonyl (C=O) groups is 4. The summed E-state index contributed by atoms with van der Waals surface area (Å²) in [4.78, 5) is 58.7. The van der Waals surface area contributed by atoms with E-state index in [1.165, 1.54) is 28.9 Å². The van der Waals surface area contributed by atoms with Gasteiger partial charge in [0, 0.05) is 24.1 Å². The van der Waals surface area contributed by atoms with E-state index in [4.69, 9.17) is 19.9 Å². The van der Waals surface area contributed by atoms with Crippen LogP contribution in [-0.2, 0) is 25.5 Å². The Balaban J connectivity index is 0.00000704. The zero-order valence-corrected chi connectivity index (χ0v) is 34.1. The van der Waals surface area contributed by atoms with Crippen LogP contribution in [0, 0.1) is 11.2 Å². The third-order valence-electron chi connectivity index (χ3n) is 9.76. The Kier molecular flexibility index (Phi) is 14.0. The first kappa shape index (κ1) is 45.9. The van der Waals surface area contributed by atoms with E-state index < -0.39 is 78.6 Å². The van der Waals surface area contributed by atoms with Gasteiger partial charge in [-0.1, -0.05) is 64.1 Å². The number of ether oxygens (including phenoxy) is 3. The van der Waals surface area contributed by atoms with Crippen molar-refractivity contribution in [3.63, 3.8) is 0 Å². The number of halogens is 6. The maximum Gasteiger partial charge on any atom is 0.424 e. The molecular weight excluding hydrogens is 831 g/mol. The number of nitrogens with zero attached hydrogens (tertiary/aromatic N) is 5. The SMILES string of the molecule is C[C@@H](C(=O)Cc1ccc(-c2ccn3nc(N(C(=O)OCOC(=O)[C@@H](N)C(C)(C)C)c4ccc(C(=O)N5CC(F)C5)cc4OCC(F)(F)F)nc3c2)cc1)c1ccc(F)cc1.Cl. The van der Waals surface area contributed by atoms with Gasteiger partial charge in [-0.2, -0.15) is 18.2 Å². The molecular formula is C42H42ClF5N6O7. The number of rotatable bonds is 13. The summed E-state index contributed by atoms with van der Waals surface area (Å²) in [5.74, 6) is -3.46. The summed E-state index contributed by atoms with van der Waals surface area (Å²) in [6, 6.07) is 18.5. The molecule has 0 aliphatic carbocycles. The van der Waals surface area contributed by atoms with Gasteiger partial charge < -0.3 is 24.8 Å². The molecule has 3 heterocycles. The largest absolute Gasteiger partial charge is 0.482 e. The Morgan fingerprint density at radius 1 is 0.918 bits per heavy atom. The summed E-state index contributed by atoms with van der Waals surface area (Å²) >= 11 is 0. The Labute approximate surface area is 353 Å². The quantitative estimate of drug-likeness (QED) is 0.0705. The average molecular weight is 873 g/mol. The van der Waals surface area contributed by atoms with Crippen molar-refractivity contribution >= 4 is 53.4 Å². The fourth-order valence-corrected chi connectivity index (χ4v) is 6.06. The maximum atomic E-state index is 13.8. The van der Waals surface area contributed by atoms with Crippen LogP contribution in [0.25, 0.3) is 16.8 Å². The van der Waals surface area contributed by atoms with Gasteiger partial charge in [0.15, 0.2) is 12.3 Å². The van der Waals surface area contributed by atoms with Crippen LogP contribution in [0.4, 0.5) is 38.4 Å². The first-order chi connectivity index (χ1) is 28.3. The lowest BCUT2D eigenvalue weighted by atomic mass is 9.87. The minimum absolute atomic E-state index is 0. The number of carbonyl (C=O) groups excluding carboxylic acids is 4. The van der Waals surface area contributed by atoms with Crippen LogP contribution in [0.3, 0.4) is 0 Å². The predicted octanol–water partition coefficient (Wildman–Crippen LogP) is 7.76. The average Bonchev–Trinajstić information content (AvgIpc) is 3.61. The van der Waals surface area contributed by atoms with Crippen molar-refractivity contribution in [2.24, 2.45) is 11.1 Å². The van der Waals surface area contributed by atoms with Crippen LogP contribution < -0.4 is 15.4 Å². The molecule has 13 nitrogen and oxygen atoms in total. The number of alkyl halides is 4.